The van der Waals surface area contributed by atoms with Gasteiger partial charge in [-0.2, -0.15) is 0 Å². The van der Waals surface area contributed by atoms with Gasteiger partial charge < -0.3 is 0 Å². The van der Waals surface area contributed by atoms with Crippen molar-refractivity contribution in [3.63, 3.8) is 0 Å². The molecular weight excluding hydrogens is 246 g/mol. The predicted octanol–water partition coefficient (Wildman–Crippen LogP) is 2.33. The van der Waals surface area contributed by atoms with Crippen LogP contribution in [-0.4, -0.2) is 20.8 Å². The van der Waals surface area contributed by atoms with Crippen LogP contribution < -0.4 is 4.72 Å². The third-order valence-electron chi connectivity index (χ3n) is 2.66. The Morgan fingerprint density at radius 2 is 1.81 bits per heavy atom. The third-order valence-corrected chi connectivity index (χ3v) is 4.52. The molecule has 5 heteroatoms. The second kappa shape index (κ2) is 5.17. The van der Waals surface area contributed by atoms with E-state index in [-0.39, 0.29) is 11.3 Å². The zero-order valence-electron chi connectivity index (χ0n) is 9.57. The smallest absolute Gasteiger partial charge is 0.214 e. The molecule has 1 N–H and O–H groups in total. The number of nitrogens with one attached hydrogen (secondary N) is 1. The average Bonchev–Trinajstić information content (AvgIpc) is 2.28. The van der Waals surface area contributed by atoms with Crippen LogP contribution >= 0.6 is 11.6 Å². The van der Waals surface area contributed by atoms with Gasteiger partial charge in [0.15, 0.2) is 0 Å². The number of alkyl halides is 1. The number of halogens is 1. The number of hydrogen-bond acceptors (Lipinski definition) is 2. The molecule has 0 aromatic heterocycles. The summed E-state index contributed by atoms with van der Waals surface area (Å²) in [6.07, 6.45) is 0. The molecule has 90 valence electrons. The largest absolute Gasteiger partial charge is 0.240 e. The molecule has 0 saturated heterocycles. The maximum Gasteiger partial charge on any atom is 0.240 e. The van der Waals surface area contributed by atoms with Crippen LogP contribution in [0.3, 0.4) is 0 Å². The summed E-state index contributed by atoms with van der Waals surface area (Å²) < 4.78 is 25.9. The minimum atomic E-state index is -3.42. The van der Waals surface area contributed by atoms with Crippen LogP contribution in [0, 0.1) is 0 Å². The Balaban J connectivity index is 3.32. The van der Waals surface area contributed by atoms with E-state index in [2.05, 4.69) is 4.72 Å². The standard InChI is InChI=1S/C11H16ClNO2S/c1-8(9(2)12)10-6-4-5-7-11(10)16(14,15)13-3/h4-9,13H,1-3H3. The highest BCUT2D eigenvalue weighted by Gasteiger charge is 2.21. The van der Waals surface area contributed by atoms with E-state index in [9.17, 15) is 8.42 Å². The molecule has 0 heterocycles. The highest BCUT2D eigenvalue weighted by Crippen LogP contribution is 2.28. The lowest BCUT2D eigenvalue weighted by Crippen LogP contribution is -2.21. The molecule has 0 spiro atoms. The van der Waals surface area contributed by atoms with Gasteiger partial charge in [-0.1, -0.05) is 25.1 Å². The van der Waals surface area contributed by atoms with Gasteiger partial charge in [-0.15, -0.1) is 11.6 Å². The normalized spacial score (nSPS) is 15.8. The first-order chi connectivity index (χ1) is 7.40. The lowest BCUT2D eigenvalue weighted by atomic mass is 9.98. The Morgan fingerprint density at radius 3 is 2.31 bits per heavy atom. The van der Waals surface area contributed by atoms with E-state index >= 15 is 0 Å². The maximum atomic E-state index is 11.8. The van der Waals surface area contributed by atoms with Gasteiger partial charge in [0.25, 0.3) is 0 Å². The Bertz CT molecular complexity index is 457. The molecule has 1 aromatic rings. The van der Waals surface area contributed by atoms with Crippen molar-refractivity contribution in [2.24, 2.45) is 0 Å². The Hall–Kier alpha value is -0.580. The van der Waals surface area contributed by atoms with Crippen molar-refractivity contribution >= 4 is 21.6 Å². The zero-order valence-corrected chi connectivity index (χ0v) is 11.1. The summed E-state index contributed by atoms with van der Waals surface area (Å²) in [5.41, 5.74) is 0.749. The van der Waals surface area contributed by atoms with Crippen molar-refractivity contribution in [2.45, 2.75) is 30.0 Å². The molecule has 2 atom stereocenters. The van der Waals surface area contributed by atoms with Crippen LogP contribution in [0.2, 0.25) is 0 Å². The van der Waals surface area contributed by atoms with Crippen molar-refractivity contribution in [1.82, 2.24) is 4.72 Å². The van der Waals surface area contributed by atoms with E-state index in [0.29, 0.717) is 4.90 Å². The topological polar surface area (TPSA) is 46.2 Å². The Morgan fingerprint density at radius 1 is 1.25 bits per heavy atom. The summed E-state index contributed by atoms with van der Waals surface area (Å²) in [5.74, 6) is -0.0130. The highest BCUT2D eigenvalue weighted by molar-refractivity contribution is 7.89. The van der Waals surface area contributed by atoms with Crippen molar-refractivity contribution in [1.29, 1.82) is 0 Å². The second-order valence-corrected chi connectivity index (χ2v) is 6.25. The summed E-state index contributed by atoms with van der Waals surface area (Å²) in [5, 5.41) is -0.117. The fourth-order valence-corrected chi connectivity index (χ4v) is 2.64. The van der Waals surface area contributed by atoms with E-state index in [0.717, 1.165) is 5.56 Å². The molecule has 0 saturated carbocycles. The molecule has 16 heavy (non-hydrogen) atoms. The minimum Gasteiger partial charge on any atom is -0.214 e. The summed E-state index contributed by atoms with van der Waals surface area (Å²) in [7, 11) is -2.01. The fourth-order valence-electron chi connectivity index (χ4n) is 1.46. The van der Waals surface area contributed by atoms with Crippen LogP contribution in [0.15, 0.2) is 29.2 Å². The Kier molecular flexibility index (Phi) is 4.35. The molecule has 0 fully saturated rings. The molecule has 3 nitrogen and oxygen atoms in total. The maximum absolute atomic E-state index is 11.8. The van der Waals surface area contributed by atoms with Crippen LogP contribution in [0.5, 0.6) is 0 Å². The van der Waals surface area contributed by atoms with Gasteiger partial charge >= 0.3 is 0 Å². The first-order valence-electron chi connectivity index (χ1n) is 5.06. The lowest BCUT2D eigenvalue weighted by molar-refractivity contribution is 0.584. The molecule has 0 aliphatic carbocycles. The third kappa shape index (κ3) is 2.75. The average molecular weight is 262 g/mol. The first-order valence-corrected chi connectivity index (χ1v) is 6.98. The summed E-state index contributed by atoms with van der Waals surface area (Å²) in [6, 6.07) is 6.92. The van der Waals surface area contributed by atoms with Crippen molar-refractivity contribution < 1.29 is 8.42 Å². The van der Waals surface area contributed by atoms with Crippen LogP contribution in [0.1, 0.15) is 25.3 Å². The van der Waals surface area contributed by atoms with Crippen molar-refractivity contribution in [3.8, 4) is 0 Å². The number of benzene rings is 1. The van der Waals surface area contributed by atoms with Crippen LogP contribution in [-0.2, 0) is 10.0 Å². The van der Waals surface area contributed by atoms with Gasteiger partial charge in [-0.25, -0.2) is 13.1 Å². The van der Waals surface area contributed by atoms with Gasteiger partial charge in [-0.05, 0) is 31.5 Å². The van der Waals surface area contributed by atoms with Crippen LogP contribution in [0.4, 0.5) is 0 Å². The predicted molar refractivity (Wildman–Crippen MR) is 66.4 cm³/mol. The van der Waals surface area contributed by atoms with Crippen molar-refractivity contribution in [3.05, 3.63) is 29.8 Å². The fraction of sp³-hybridized carbons (Fsp3) is 0.455. The molecule has 0 amide bonds. The molecule has 1 aromatic carbocycles. The monoisotopic (exact) mass is 261 g/mol. The quantitative estimate of drug-likeness (QED) is 0.846. The molecule has 0 bridgehead atoms. The molecule has 0 aliphatic rings. The van der Waals surface area contributed by atoms with E-state index in [1.54, 1.807) is 18.2 Å². The van der Waals surface area contributed by atoms with Gasteiger partial charge in [0, 0.05) is 5.38 Å². The summed E-state index contributed by atoms with van der Waals surface area (Å²) >= 11 is 6.01. The summed E-state index contributed by atoms with van der Waals surface area (Å²) in [4.78, 5) is 0.303. The second-order valence-electron chi connectivity index (χ2n) is 3.71. The molecule has 2 unspecified atom stereocenters. The molecule has 1 rings (SSSR count). The lowest BCUT2D eigenvalue weighted by Gasteiger charge is -2.18. The van der Waals surface area contributed by atoms with Crippen LogP contribution in [0.25, 0.3) is 0 Å². The van der Waals surface area contributed by atoms with E-state index in [1.165, 1.54) is 7.05 Å². The molecular formula is C11H16ClNO2S. The van der Waals surface area contributed by atoms with Gasteiger partial charge in [0.2, 0.25) is 10.0 Å². The SMILES string of the molecule is CNS(=O)(=O)c1ccccc1C(C)C(C)Cl. The van der Waals surface area contributed by atoms with Gasteiger partial charge in [-0.3, -0.25) is 0 Å². The molecule has 0 radical (unpaired) electrons. The first kappa shape index (κ1) is 13.5. The van der Waals surface area contributed by atoms with E-state index < -0.39 is 10.0 Å². The minimum absolute atomic E-state index is 0.0130. The van der Waals surface area contributed by atoms with Crippen molar-refractivity contribution in [2.75, 3.05) is 7.05 Å². The van der Waals surface area contributed by atoms with Gasteiger partial charge in [0.05, 0.1) is 4.90 Å². The highest BCUT2D eigenvalue weighted by atomic mass is 35.5. The zero-order chi connectivity index (χ0) is 12.3. The van der Waals surface area contributed by atoms with E-state index in [4.69, 9.17) is 11.6 Å². The summed E-state index contributed by atoms with van der Waals surface area (Å²) in [6.45, 7) is 3.77. The Labute approximate surface area is 102 Å². The van der Waals surface area contributed by atoms with Gasteiger partial charge in [0.1, 0.15) is 0 Å². The number of sulfonamides is 1. The number of hydrogen-bond donors (Lipinski definition) is 1. The van der Waals surface area contributed by atoms with E-state index in [1.807, 2.05) is 19.9 Å². The molecule has 0 aliphatic heterocycles. The number of rotatable bonds is 4.